The van der Waals surface area contributed by atoms with Gasteiger partial charge in [0, 0.05) is 51.0 Å². The summed E-state index contributed by atoms with van der Waals surface area (Å²) in [6.07, 6.45) is 1.65. The first kappa shape index (κ1) is 20.1. The van der Waals surface area contributed by atoms with E-state index < -0.39 is 6.10 Å². The maximum Gasteiger partial charge on any atom is 0.0845 e. The minimum atomic E-state index is -0.410. The molecule has 1 unspecified atom stereocenters. The average Bonchev–Trinajstić information content (AvgIpc) is 3.12. The van der Waals surface area contributed by atoms with E-state index >= 15 is 0 Å². The van der Waals surface area contributed by atoms with Gasteiger partial charge in [0.25, 0.3) is 0 Å². The lowest BCUT2D eigenvalue weighted by atomic mass is 10.1. The molecule has 1 aromatic heterocycles. The van der Waals surface area contributed by atoms with Crippen molar-refractivity contribution in [2.24, 2.45) is 0 Å². The van der Waals surface area contributed by atoms with E-state index in [9.17, 15) is 5.11 Å². The summed E-state index contributed by atoms with van der Waals surface area (Å²) in [5, 5.41) is 11.8. The van der Waals surface area contributed by atoms with Gasteiger partial charge in [-0.2, -0.15) is 0 Å². The summed E-state index contributed by atoms with van der Waals surface area (Å²) < 4.78 is 7.57. The maximum absolute atomic E-state index is 10.6. The fraction of sp³-hybridized carbons (Fsp3) is 0.417. The minimum Gasteiger partial charge on any atom is -0.390 e. The molecule has 4 rings (SSSR count). The number of aromatic nitrogens is 1. The molecule has 0 radical (unpaired) electrons. The molecule has 1 N–H and O–H groups in total. The van der Waals surface area contributed by atoms with Crippen molar-refractivity contribution in [1.82, 2.24) is 14.4 Å². The minimum absolute atomic E-state index is 0.410. The monoisotopic (exact) mass is 393 g/mol. The number of benzene rings is 2. The number of aliphatic hydroxyl groups excluding tert-OH is 1. The smallest absolute Gasteiger partial charge is 0.0845 e. The van der Waals surface area contributed by atoms with Crippen molar-refractivity contribution in [2.45, 2.75) is 25.7 Å². The van der Waals surface area contributed by atoms with Gasteiger partial charge in [0.2, 0.25) is 0 Å². The summed E-state index contributed by atoms with van der Waals surface area (Å²) in [4.78, 5) is 4.64. The van der Waals surface area contributed by atoms with E-state index in [1.165, 1.54) is 22.0 Å². The van der Waals surface area contributed by atoms with Crippen LogP contribution in [0.4, 0.5) is 0 Å². The second kappa shape index (κ2) is 9.55. The number of likely N-dealkylation sites (N-methyl/N-ethyl adjacent to an activating group) is 1. The first-order valence-corrected chi connectivity index (χ1v) is 10.5. The summed E-state index contributed by atoms with van der Waals surface area (Å²) >= 11 is 0. The Morgan fingerprint density at radius 3 is 2.69 bits per heavy atom. The van der Waals surface area contributed by atoms with Gasteiger partial charge in [0.1, 0.15) is 0 Å². The lowest BCUT2D eigenvalue weighted by molar-refractivity contribution is 0.0342. The molecule has 3 aromatic rings. The van der Waals surface area contributed by atoms with Crippen LogP contribution in [0.2, 0.25) is 0 Å². The van der Waals surface area contributed by atoms with Gasteiger partial charge in [-0.25, -0.2) is 0 Å². The Bertz CT molecular complexity index is 917. The number of nitrogens with zero attached hydrogens (tertiary/aromatic N) is 3. The molecule has 1 saturated heterocycles. The van der Waals surface area contributed by atoms with E-state index in [-0.39, 0.29) is 0 Å². The fourth-order valence-electron chi connectivity index (χ4n) is 4.16. The van der Waals surface area contributed by atoms with E-state index in [1.807, 2.05) is 12.1 Å². The highest BCUT2D eigenvalue weighted by Crippen LogP contribution is 2.16. The van der Waals surface area contributed by atoms with Crippen molar-refractivity contribution in [3.8, 4) is 0 Å². The molecule has 0 saturated carbocycles. The predicted molar refractivity (Wildman–Crippen MR) is 117 cm³/mol. The zero-order chi connectivity index (χ0) is 20.1. The van der Waals surface area contributed by atoms with Gasteiger partial charge in [-0.3, -0.25) is 9.80 Å². The van der Waals surface area contributed by atoms with E-state index in [2.05, 4.69) is 70.1 Å². The number of ether oxygens (including phenoxy) is 1. The van der Waals surface area contributed by atoms with Crippen molar-refractivity contribution in [3.63, 3.8) is 0 Å². The number of morpholine rings is 1. The van der Waals surface area contributed by atoms with E-state index in [1.54, 1.807) is 0 Å². The zero-order valence-corrected chi connectivity index (χ0v) is 17.2. The van der Waals surface area contributed by atoms with Crippen molar-refractivity contribution >= 4 is 10.9 Å². The Kier molecular flexibility index (Phi) is 6.62. The first-order chi connectivity index (χ1) is 14.2. The number of rotatable bonds is 8. The molecule has 0 spiro atoms. The van der Waals surface area contributed by atoms with Crippen molar-refractivity contribution in [3.05, 3.63) is 71.9 Å². The molecule has 2 aromatic carbocycles. The fourth-order valence-corrected chi connectivity index (χ4v) is 4.16. The Morgan fingerprint density at radius 2 is 1.83 bits per heavy atom. The van der Waals surface area contributed by atoms with Gasteiger partial charge in [-0.1, -0.05) is 42.5 Å². The molecule has 0 aliphatic carbocycles. The van der Waals surface area contributed by atoms with Crippen LogP contribution in [-0.2, 0) is 24.4 Å². The van der Waals surface area contributed by atoms with Crippen LogP contribution in [0, 0.1) is 0 Å². The van der Waals surface area contributed by atoms with Crippen LogP contribution in [0.3, 0.4) is 0 Å². The molecule has 5 heteroatoms. The molecule has 0 bridgehead atoms. The number of hydrogen-bond acceptors (Lipinski definition) is 4. The summed E-state index contributed by atoms with van der Waals surface area (Å²) in [5.41, 5.74) is 3.80. The van der Waals surface area contributed by atoms with Crippen LogP contribution in [0.1, 0.15) is 11.1 Å². The van der Waals surface area contributed by atoms with Gasteiger partial charge in [0.05, 0.1) is 19.3 Å². The van der Waals surface area contributed by atoms with Crippen LogP contribution in [0.5, 0.6) is 0 Å². The lowest BCUT2D eigenvalue weighted by Gasteiger charge is -2.27. The number of para-hydroxylation sites is 1. The van der Waals surface area contributed by atoms with E-state index in [4.69, 9.17) is 4.74 Å². The highest BCUT2D eigenvalue weighted by atomic mass is 16.5. The molecule has 1 atom stereocenters. The third-order valence-corrected chi connectivity index (χ3v) is 5.56. The maximum atomic E-state index is 10.6. The van der Waals surface area contributed by atoms with Gasteiger partial charge in [-0.05, 0) is 35.7 Å². The average molecular weight is 394 g/mol. The Morgan fingerprint density at radius 1 is 1.03 bits per heavy atom. The molecule has 2 heterocycles. The van der Waals surface area contributed by atoms with Crippen LogP contribution in [0.25, 0.3) is 10.9 Å². The number of aliphatic hydroxyl groups is 1. The lowest BCUT2D eigenvalue weighted by Crippen LogP contribution is -2.35. The van der Waals surface area contributed by atoms with Gasteiger partial charge in [0.15, 0.2) is 0 Å². The van der Waals surface area contributed by atoms with Crippen molar-refractivity contribution < 1.29 is 9.84 Å². The van der Waals surface area contributed by atoms with Gasteiger partial charge >= 0.3 is 0 Å². The zero-order valence-electron chi connectivity index (χ0n) is 17.2. The third kappa shape index (κ3) is 5.46. The summed E-state index contributed by atoms with van der Waals surface area (Å²) in [5.74, 6) is 0. The molecular weight excluding hydrogens is 362 g/mol. The Labute approximate surface area is 173 Å². The van der Waals surface area contributed by atoms with Crippen LogP contribution in [-0.4, -0.2) is 65.5 Å². The van der Waals surface area contributed by atoms with Gasteiger partial charge in [-0.15, -0.1) is 0 Å². The first-order valence-electron chi connectivity index (χ1n) is 10.5. The largest absolute Gasteiger partial charge is 0.390 e. The predicted octanol–water partition coefficient (Wildman–Crippen LogP) is 2.97. The highest BCUT2D eigenvalue weighted by Gasteiger charge is 2.13. The molecule has 1 aliphatic heterocycles. The normalized spacial score (nSPS) is 16.5. The topological polar surface area (TPSA) is 40.9 Å². The quantitative estimate of drug-likeness (QED) is 0.639. The standard InChI is InChI=1S/C24H31N3O2/c1-25(18-23(28)19-27-10-9-22-7-2-3-8-24(22)27)16-20-5-4-6-21(15-20)17-26-11-13-29-14-12-26/h2-10,15,23,28H,11-14,16-19H2,1H3. The van der Waals surface area contributed by atoms with E-state index in [0.717, 1.165) is 39.4 Å². The summed E-state index contributed by atoms with van der Waals surface area (Å²) in [6, 6.07) is 19.2. The van der Waals surface area contributed by atoms with Crippen LogP contribution < -0.4 is 0 Å². The molecule has 154 valence electrons. The van der Waals surface area contributed by atoms with Crippen LogP contribution >= 0.6 is 0 Å². The summed E-state index contributed by atoms with van der Waals surface area (Å²) in [6.45, 7) is 6.72. The Hall–Kier alpha value is -2.18. The highest BCUT2D eigenvalue weighted by molar-refractivity contribution is 5.79. The molecule has 1 fully saturated rings. The Balaban J connectivity index is 1.30. The third-order valence-electron chi connectivity index (χ3n) is 5.56. The van der Waals surface area contributed by atoms with Crippen molar-refractivity contribution in [2.75, 3.05) is 39.9 Å². The SMILES string of the molecule is CN(Cc1cccc(CN2CCOCC2)c1)CC(O)Cn1ccc2ccccc21. The number of fused-ring (bicyclic) bond motifs is 1. The van der Waals surface area contributed by atoms with Crippen LogP contribution in [0.15, 0.2) is 60.8 Å². The van der Waals surface area contributed by atoms with E-state index in [0.29, 0.717) is 13.1 Å². The summed E-state index contributed by atoms with van der Waals surface area (Å²) in [7, 11) is 2.08. The van der Waals surface area contributed by atoms with Gasteiger partial charge < -0.3 is 14.4 Å². The molecule has 1 aliphatic rings. The second-order valence-corrected chi connectivity index (χ2v) is 8.09. The molecule has 0 amide bonds. The number of hydrogen-bond donors (Lipinski definition) is 1. The van der Waals surface area contributed by atoms with Crippen molar-refractivity contribution in [1.29, 1.82) is 0 Å². The molecule has 29 heavy (non-hydrogen) atoms. The molecule has 5 nitrogen and oxygen atoms in total. The molecular formula is C24H31N3O2. The second-order valence-electron chi connectivity index (χ2n) is 8.09.